The lowest BCUT2D eigenvalue weighted by Gasteiger charge is -2.29. The predicted octanol–water partition coefficient (Wildman–Crippen LogP) is 2.25. The standard InChI is InChI=1S/C15H17N3O3S2.ClH/c1-17-23(20,21)10-8-14(22-9-10)15(19)18-7-3-4-11-12(16)5-2-6-13(11)18;/h2,5-6,8-9,17H,3-4,7,16H2,1H3;1H. The van der Waals surface area contributed by atoms with Crippen molar-refractivity contribution in [2.45, 2.75) is 17.7 Å². The molecule has 0 atom stereocenters. The zero-order chi connectivity index (χ0) is 16.6. The number of carbonyl (C=O) groups excluding carboxylic acids is 1. The molecule has 0 radical (unpaired) electrons. The lowest BCUT2D eigenvalue weighted by Crippen LogP contribution is -2.35. The molecule has 2 heterocycles. The molecule has 0 aliphatic carbocycles. The van der Waals surface area contributed by atoms with Gasteiger partial charge in [0.2, 0.25) is 10.0 Å². The Hall–Kier alpha value is -1.61. The van der Waals surface area contributed by atoms with E-state index in [1.54, 1.807) is 4.90 Å². The molecular weight excluding hydrogens is 370 g/mol. The summed E-state index contributed by atoms with van der Waals surface area (Å²) in [6, 6.07) is 6.95. The van der Waals surface area contributed by atoms with Crippen LogP contribution in [-0.2, 0) is 16.4 Å². The van der Waals surface area contributed by atoms with Gasteiger partial charge in [0.25, 0.3) is 5.91 Å². The number of hydrogen-bond donors (Lipinski definition) is 2. The zero-order valence-electron chi connectivity index (χ0n) is 13.0. The van der Waals surface area contributed by atoms with Gasteiger partial charge in [-0.25, -0.2) is 13.1 Å². The Morgan fingerprint density at radius 2 is 2.12 bits per heavy atom. The van der Waals surface area contributed by atoms with E-state index in [1.807, 2.05) is 18.2 Å². The average molecular weight is 388 g/mol. The number of anilines is 2. The maximum atomic E-state index is 12.8. The van der Waals surface area contributed by atoms with E-state index >= 15 is 0 Å². The molecule has 0 unspecified atom stereocenters. The van der Waals surface area contributed by atoms with E-state index in [9.17, 15) is 13.2 Å². The van der Waals surface area contributed by atoms with Crippen LogP contribution in [0.25, 0.3) is 0 Å². The Morgan fingerprint density at radius 1 is 1.38 bits per heavy atom. The fourth-order valence-electron chi connectivity index (χ4n) is 2.69. The average Bonchev–Trinajstić information content (AvgIpc) is 3.05. The number of fused-ring (bicyclic) bond motifs is 1. The van der Waals surface area contributed by atoms with Crippen molar-refractivity contribution in [1.82, 2.24) is 4.72 Å². The predicted molar refractivity (Wildman–Crippen MR) is 98.7 cm³/mol. The minimum atomic E-state index is -3.54. The quantitative estimate of drug-likeness (QED) is 0.790. The summed E-state index contributed by atoms with van der Waals surface area (Å²) in [6.07, 6.45) is 1.68. The van der Waals surface area contributed by atoms with E-state index in [2.05, 4.69) is 4.72 Å². The van der Waals surface area contributed by atoms with Crippen LogP contribution in [0.2, 0.25) is 0 Å². The highest BCUT2D eigenvalue weighted by atomic mass is 35.5. The molecule has 0 saturated heterocycles. The molecule has 1 amide bonds. The summed E-state index contributed by atoms with van der Waals surface area (Å²) in [5, 5.41) is 1.48. The van der Waals surface area contributed by atoms with Gasteiger partial charge in [-0.15, -0.1) is 23.7 Å². The molecule has 9 heteroatoms. The normalized spacial score (nSPS) is 14.0. The van der Waals surface area contributed by atoms with Crippen molar-refractivity contribution >= 4 is 51.0 Å². The molecule has 2 aromatic rings. The minimum absolute atomic E-state index is 0. The van der Waals surface area contributed by atoms with Crippen LogP contribution in [0, 0.1) is 0 Å². The summed E-state index contributed by atoms with van der Waals surface area (Å²) in [6.45, 7) is 0.599. The van der Waals surface area contributed by atoms with Crippen LogP contribution in [0.4, 0.5) is 11.4 Å². The fraction of sp³-hybridized carbons (Fsp3) is 0.267. The van der Waals surface area contributed by atoms with Crippen LogP contribution >= 0.6 is 23.7 Å². The van der Waals surface area contributed by atoms with E-state index in [4.69, 9.17) is 5.73 Å². The van der Waals surface area contributed by atoms with Gasteiger partial charge >= 0.3 is 0 Å². The molecule has 1 aliphatic heterocycles. The number of halogens is 1. The number of hydrogen-bond acceptors (Lipinski definition) is 5. The molecule has 3 N–H and O–H groups in total. The maximum Gasteiger partial charge on any atom is 0.268 e. The largest absolute Gasteiger partial charge is 0.398 e. The Morgan fingerprint density at radius 3 is 2.83 bits per heavy atom. The Bertz CT molecular complexity index is 865. The summed E-state index contributed by atoms with van der Waals surface area (Å²) >= 11 is 1.13. The zero-order valence-corrected chi connectivity index (χ0v) is 15.4. The van der Waals surface area contributed by atoms with Crippen LogP contribution in [0.3, 0.4) is 0 Å². The van der Waals surface area contributed by atoms with Gasteiger partial charge in [0, 0.05) is 23.3 Å². The first-order valence-corrected chi connectivity index (χ1v) is 9.51. The maximum absolute atomic E-state index is 12.8. The minimum Gasteiger partial charge on any atom is -0.398 e. The monoisotopic (exact) mass is 387 g/mol. The van der Waals surface area contributed by atoms with Gasteiger partial charge in [-0.05, 0) is 43.7 Å². The Balaban J connectivity index is 0.00000208. The molecule has 130 valence electrons. The van der Waals surface area contributed by atoms with Crippen LogP contribution in [0.1, 0.15) is 21.7 Å². The fourth-order valence-corrected chi connectivity index (χ4v) is 4.64. The number of benzene rings is 1. The summed E-state index contributed by atoms with van der Waals surface area (Å²) in [4.78, 5) is 15.0. The topological polar surface area (TPSA) is 92.5 Å². The van der Waals surface area contributed by atoms with Gasteiger partial charge in [0.1, 0.15) is 0 Å². The second-order valence-electron chi connectivity index (χ2n) is 5.26. The highest BCUT2D eigenvalue weighted by Crippen LogP contribution is 2.33. The third-order valence-corrected chi connectivity index (χ3v) is 6.36. The number of nitrogens with one attached hydrogen (secondary N) is 1. The van der Waals surface area contributed by atoms with Crippen molar-refractivity contribution in [3.05, 3.63) is 40.1 Å². The van der Waals surface area contributed by atoms with Crippen LogP contribution in [0.5, 0.6) is 0 Å². The molecule has 1 aromatic heterocycles. The Labute approximate surface area is 151 Å². The number of nitrogen functional groups attached to an aromatic ring is 1. The van der Waals surface area contributed by atoms with Crippen LogP contribution < -0.4 is 15.4 Å². The molecule has 0 spiro atoms. The number of carbonyl (C=O) groups is 1. The van der Waals surface area contributed by atoms with Gasteiger partial charge in [0.15, 0.2) is 0 Å². The molecular formula is C15H18ClN3O3S2. The third kappa shape index (κ3) is 3.27. The third-order valence-electron chi connectivity index (χ3n) is 3.90. The highest BCUT2D eigenvalue weighted by Gasteiger charge is 2.26. The second kappa shape index (κ2) is 7.10. The number of amides is 1. The summed E-state index contributed by atoms with van der Waals surface area (Å²) in [5.74, 6) is -0.195. The molecule has 6 nitrogen and oxygen atoms in total. The van der Waals surface area contributed by atoms with Gasteiger partial charge in [-0.2, -0.15) is 0 Å². The summed E-state index contributed by atoms with van der Waals surface area (Å²) < 4.78 is 25.9. The lowest BCUT2D eigenvalue weighted by molar-refractivity contribution is 0.0989. The SMILES string of the molecule is CNS(=O)(=O)c1csc(C(=O)N2CCCc3c(N)cccc32)c1.Cl. The van der Waals surface area contributed by atoms with Gasteiger partial charge in [-0.1, -0.05) is 6.07 Å². The number of thiophene rings is 1. The number of nitrogens with zero attached hydrogens (tertiary/aromatic N) is 1. The molecule has 0 fully saturated rings. The first-order chi connectivity index (χ1) is 10.9. The van der Waals surface area contributed by atoms with E-state index in [1.165, 1.54) is 18.5 Å². The first-order valence-electron chi connectivity index (χ1n) is 7.15. The first kappa shape index (κ1) is 18.7. The molecule has 1 aliphatic rings. The van der Waals surface area contributed by atoms with Crippen LogP contribution in [0.15, 0.2) is 34.5 Å². The van der Waals surface area contributed by atoms with E-state index < -0.39 is 10.0 Å². The van der Waals surface area contributed by atoms with Gasteiger partial charge in [-0.3, -0.25) is 4.79 Å². The lowest BCUT2D eigenvalue weighted by atomic mass is 10.00. The van der Waals surface area contributed by atoms with E-state index in [0.717, 1.165) is 35.4 Å². The number of nitrogens with two attached hydrogens (primary N) is 1. The van der Waals surface area contributed by atoms with Crippen molar-refractivity contribution in [2.75, 3.05) is 24.2 Å². The smallest absolute Gasteiger partial charge is 0.268 e. The molecule has 0 saturated carbocycles. The van der Waals surface area contributed by atoms with Gasteiger partial charge < -0.3 is 10.6 Å². The number of rotatable bonds is 3. The molecule has 3 rings (SSSR count). The highest BCUT2D eigenvalue weighted by molar-refractivity contribution is 7.89. The van der Waals surface area contributed by atoms with E-state index in [0.29, 0.717) is 17.1 Å². The summed E-state index contributed by atoms with van der Waals surface area (Å²) in [5.41, 5.74) is 8.47. The van der Waals surface area contributed by atoms with Gasteiger partial charge in [0.05, 0.1) is 9.77 Å². The van der Waals surface area contributed by atoms with Crippen LogP contribution in [-0.4, -0.2) is 27.9 Å². The van der Waals surface area contributed by atoms with Crippen molar-refractivity contribution < 1.29 is 13.2 Å². The Kier molecular flexibility index (Phi) is 5.54. The second-order valence-corrected chi connectivity index (χ2v) is 8.06. The molecule has 0 bridgehead atoms. The number of sulfonamides is 1. The van der Waals surface area contributed by atoms with Crippen molar-refractivity contribution in [3.63, 3.8) is 0 Å². The van der Waals surface area contributed by atoms with Crippen molar-refractivity contribution in [2.24, 2.45) is 0 Å². The van der Waals surface area contributed by atoms with E-state index in [-0.39, 0.29) is 23.2 Å². The molecule has 1 aromatic carbocycles. The summed E-state index contributed by atoms with van der Waals surface area (Å²) in [7, 11) is -2.19. The van der Waals surface area contributed by atoms with Crippen molar-refractivity contribution in [3.8, 4) is 0 Å². The molecule has 24 heavy (non-hydrogen) atoms. The van der Waals surface area contributed by atoms with Crippen molar-refractivity contribution in [1.29, 1.82) is 0 Å².